The van der Waals surface area contributed by atoms with Crippen LogP contribution in [0.25, 0.3) is 0 Å². The minimum absolute atomic E-state index is 0.0813. The highest BCUT2D eigenvalue weighted by Crippen LogP contribution is 2.60. The first-order chi connectivity index (χ1) is 12.0. The van der Waals surface area contributed by atoms with Gasteiger partial charge in [-0.3, -0.25) is 9.59 Å². The van der Waals surface area contributed by atoms with Crippen LogP contribution in [-0.2, 0) is 23.8 Å². The second-order valence-corrected chi connectivity index (χ2v) is 8.00. The minimum Gasteiger partial charge on any atom is -0.461 e. The van der Waals surface area contributed by atoms with Crippen LogP contribution in [0.4, 0.5) is 0 Å². The van der Waals surface area contributed by atoms with E-state index in [0.29, 0.717) is 12.8 Å². The molecule has 2 aliphatic carbocycles. The Morgan fingerprint density at radius 1 is 1.23 bits per heavy atom. The predicted molar refractivity (Wildman–Crippen MR) is 96.3 cm³/mol. The molecule has 0 unspecified atom stereocenters. The first-order valence-corrected chi connectivity index (χ1v) is 8.95. The Hall–Kier alpha value is -1.66. The molecule has 0 amide bonds. The molecule has 146 valence electrons. The number of aliphatic hydroxyl groups is 1. The van der Waals surface area contributed by atoms with E-state index in [1.54, 1.807) is 7.11 Å². The van der Waals surface area contributed by atoms with E-state index in [2.05, 4.69) is 0 Å². The number of hydrogen-bond donors (Lipinski definition) is 1. The molecule has 1 fully saturated rings. The number of ether oxygens (including phenoxy) is 3. The normalized spacial score (nSPS) is 37.3. The summed E-state index contributed by atoms with van der Waals surface area (Å²) in [5.74, 6) is -1.09. The number of carbonyl (C=O) groups is 2. The van der Waals surface area contributed by atoms with Gasteiger partial charge in [-0.25, -0.2) is 0 Å². The molecule has 0 aromatic rings. The van der Waals surface area contributed by atoms with Crippen molar-refractivity contribution in [2.24, 2.45) is 11.3 Å². The van der Waals surface area contributed by atoms with E-state index in [1.807, 2.05) is 32.9 Å². The highest BCUT2D eigenvalue weighted by atomic mass is 16.6. The Bertz CT molecular complexity index is 632. The molecule has 1 N–H and O–H groups in total. The van der Waals surface area contributed by atoms with Gasteiger partial charge < -0.3 is 19.3 Å². The van der Waals surface area contributed by atoms with E-state index >= 15 is 0 Å². The van der Waals surface area contributed by atoms with E-state index in [4.69, 9.17) is 14.2 Å². The van der Waals surface area contributed by atoms with Gasteiger partial charge in [-0.1, -0.05) is 25.5 Å². The van der Waals surface area contributed by atoms with Gasteiger partial charge in [0.2, 0.25) is 0 Å². The van der Waals surface area contributed by atoms with Gasteiger partial charge in [0, 0.05) is 33.3 Å². The molecule has 6 nitrogen and oxygen atoms in total. The number of carbonyl (C=O) groups excluding carboxylic acids is 2. The highest BCUT2D eigenvalue weighted by Gasteiger charge is 2.65. The topological polar surface area (TPSA) is 82.1 Å². The molecule has 2 rings (SSSR count). The summed E-state index contributed by atoms with van der Waals surface area (Å²) in [7, 11) is 1.60. The van der Waals surface area contributed by atoms with Gasteiger partial charge in [0.05, 0.1) is 6.10 Å². The van der Waals surface area contributed by atoms with Crippen LogP contribution in [0.2, 0.25) is 0 Å². The molecule has 0 aromatic heterocycles. The third kappa shape index (κ3) is 3.86. The highest BCUT2D eigenvalue weighted by molar-refractivity contribution is 5.67. The Balaban J connectivity index is 2.51. The van der Waals surface area contributed by atoms with Crippen LogP contribution in [0.3, 0.4) is 0 Å². The van der Waals surface area contributed by atoms with E-state index < -0.39 is 23.1 Å². The zero-order valence-electron chi connectivity index (χ0n) is 16.5. The molecule has 0 aromatic carbocycles. The average molecular weight is 366 g/mol. The first kappa shape index (κ1) is 20.6. The van der Waals surface area contributed by atoms with Crippen LogP contribution >= 0.6 is 0 Å². The molecule has 2 aliphatic rings. The number of methoxy groups -OCH3 is 1. The monoisotopic (exact) mass is 366 g/mol. The molecular formula is C20H30O6. The fraction of sp³-hybridized carbons (Fsp3) is 0.700. The Labute approximate surface area is 155 Å². The molecule has 6 heteroatoms. The van der Waals surface area contributed by atoms with Gasteiger partial charge in [-0.05, 0) is 30.4 Å². The number of hydrogen-bond acceptors (Lipinski definition) is 6. The van der Waals surface area contributed by atoms with Crippen LogP contribution in [0.1, 0.15) is 47.5 Å². The summed E-state index contributed by atoms with van der Waals surface area (Å²) in [5, 5.41) is 11.7. The maximum absolute atomic E-state index is 11.7. The summed E-state index contributed by atoms with van der Waals surface area (Å²) >= 11 is 0. The lowest BCUT2D eigenvalue weighted by Gasteiger charge is -2.61. The quantitative estimate of drug-likeness (QED) is 0.608. The lowest BCUT2D eigenvalue weighted by Crippen LogP contribution is -2.69. The number of rotatable bonds is 4. The van der Waals surface area contributed by atoms with Gasteiger partial charge in [-0.15, -0.1) is 0 Å². The molecule has 0 spiro atoms. The number of fused-ring (bicyclic) bond motifs is 1. The van der Waals surface area contributed by atoms with E-state index in [1.165, 1.54) is 13.8 Å². The van der Waals surface area contributed by atoms with Gasteiger partial charge in [0.1, 0.15) is 18.3 Å². The lowest BCUT2D eigenvalue weighted by atomic mass is 9.48. The van der Waals surface area contributed by atoms with Gasteiger partial charge in [0.25, 0.3) is 0 Å². The van der Waals surface area contributed by atoms with Crippen molar-refractivity contribution in [2.45, 2.75) is 65.3 Å². The third-order valence-electron chi connectivity index (χ3n) is 5.63. The molecule has 0 aliphatic heterocycles. The minimum atomic E-state index is -1.25. The largest absolute Gasteiger partial charge is 0.461 e. The van der Waals surface area contributed by atoms with Crippen molar-refractivity contribution in [1.29, 1.82) is 0 Å². The molecule has 0 radical (unpaired) electrons. The standard InChI is InChI=1S/C20H30O6/c1-12-7-16(24-6)9-15(11-25-13(2)21)17-10-19(4,5)20(17,23)18(8-12)26-14(3)22/h7,9,16-18,23H,8,10-11H2,1-6H3/b12-7+,15-9-/t16-,17-,18+,20-/m1/s1. The van der Waals surface area contributed by atoms with Crippen LogP contribution in [0.5, 0.6) is 0 Å². The molecular weight excluding hydrogens is 336 g/mol. The van der Waals surface area contributed by atoms with Crippen LogP contribution < -0.4 is 0 Å². The van der Waals surface area contributed by atoms with Crippen LogP contribution in [-0.4, -0.2) is 48.6 Å². The van der Waals surface area contributed by atoms with Gasteiger partial charge in [-0.2, -0.15) is 0 Å². The maximum Gasteiger partial charge on any atom is 0.303 e. The molecule has 4 atom stereocenters. The third-order valence-corrected chi connectivity index (χ3v) is 5.63. The maximum atomic E-state index is 11.7. The first-order valence-electron chi connectivity index (χ1n) is 8.95. The zero-order chi connectivity index (χ0) is 19.7. The van der Waals surface area contributed by atoms with Crippen molar-refractivity contribution >= 4 is 11.9 Å². The SMILES string of the molecule is CO[C@@H]1/C=C(\C)C[C@H](OC(C)=O)[C@]2(O)[C@H](CC2(C)C)/C(COC(C)=O)=C\1. The van der Waals surface area contributed by atoms with Crippen molar-refractivity contribution in [1.82, 2.24) is 0 Å². The lowest BCUT2D eigenvalue weighted by molar-refractivity contribution is -0.250. The van der Waals surface area contributed by atoms with Crippen molar-refractivity contribution in [2.75, 3.05) is 13.7 Å². The summed E-state index contributed by atoms with van der Waals surface area (Å²) < 4.78 is 16.3. The summed E-state index contributed by atoms with van der Waals surface area (Å²) in [4.78, 5) is 23.0. The summed E-state index contributed by atoms with van der Waals surface area (Å²) in [6.07, 6.45) is 3.97. The summed E-state index contributed by atoms with van der Waals surface area (Å²) in [6, 6.07) is 0. The Morgan fingerprint density at radius 2 is 1.88 bits per heavy atom. The molecule has 1 saturated carbocycles. The van der Waals surface area contributed by atoms with Gasteiger partial charge in [0.15, 0.2) is 0 Å². The molecule has 0 heterocycles. The fourth-order valence-corrected chi connectivity index (χ4v) is 4.22. The smallest absolute Gasteiger partial charge is 0.303 e. The van der Waals surface area contributed by atoms with Crippen molar-refractivity contribution in [3.63, 3.8) is 0 Å². The Morgan fingerprint density at radius 3 is 2.38 bits per heavy atom. The molecule has 0 saturated heterocycles. The van der Waals surface area contributed by atoms with Crippen molar-refractivity contribution in [3.8, 4) is 0 Å². The summed E-state index contributed by atoms with van der Waals surface area (Å²) in [5.41, 5.74) is 0.0581. The zero-order valence-corrected chi connectivity index (χ0v) is 16.5. The van der Waals surface area contributed by atoms with E-state index in [9.17, 15) is 14.7 Å². The fourth-order valence-electron chi connectivity index (χ4n) is 4.22. The average Bonchev–Trinajstić information content (AvgIpc) is 2.55. The van der Waals surface area contributed by atoms with Gasteiger partial charge >= 0.3 is 11.9 Å². The molecule has 0 bridgehead atoms. The molecule has 26 heavy (non-hydrogen) atoms. The van der Waals surface area contributed by atoms with Crippen molar-refractivity contribution < 1.29 is 28.9 Å². The summed E-state index contributed by atoms with van der Waals surface area (Å²) in [6.45, 7) is 8.65. The predicted octanol–water partition coefficient (Wildman–Crippen LogP) is 2.55. The Kier molecular flexibility index (Phi) is 5.98. The van der Waals surface area contributed by atoms with Crippen LogP contribution in [0.15, 0.2) is 23.3 Å². The van der Waals surface area contributed by atoms with E-state index in [-0.39, 0.29) is 24.6 Å². The van der Waals surface area contributed by atoms with Crippen LogP contribution in [0, 0.1) is 11.3 Å². The number of esters is 2. The second kappa shape index (κ2) is 7.53. The van der Waals surface area contributed by atoms with E-state index in [0.717, 1.165) is 11.1 Å². The van der Waals surface area contributed by atoms with Crippen molar-refractivity contribution in [3.05, 3.63) is 23.3 Å². The second-order valence-electron chi connectivity index (χ2n) is 8.00.